The summed E-state index contributed by atoms with van der Waals surface area (Å²) in [6.07, 6.45) is 4.41. The molecule has 116 valence electrons. The largest absolute Gasteiger partial charge is 0.368 e. The Morgan fingerprint density at radius 2 is 2.24 bits per heavy atom. The Morgan fingerprint density at radius 1 is 1.52 bits per heavy atom. The van der Waals surface area contributed by atoms with Crippen LogP contribution in [0.2, 0.25) is 0 Å². The Labute approximate surface area is 125 Å². The van der Waals surface area contributed by atoms with Gasteiger partial charge in [-0.15, -0.1) is 0 Å². The minimum absolute atomic E-state index is 0.121. The summed E-state index contributed by atoms with van der Waals surface area (Å²) in [5.41, 5.74) is 0.121. The summed E-state index contributed by atoms with van der Waals surface area (Å²) < 4.78 is 14.5. The van der Waals surface area contributed by atoms with Gasteiger partial charge in [0.1, 0.15) is 0 Å². The van der Waals surface area contributed by atoms with Crippen molar-refractivity contribution in [2.45, 2.75) is 46.1 Å². The molecule has 4 nitrogen and oxygen atoms in total. The van der Waals surface area contributed by atoms with Crippen LogP contribution in [0, 0.1) is 11.7 Å². The number of halogens is 1. The first-order valence-corrected chi connectivity index (χ1v) is 7.74. The van der Waals surface area contributed by atoms with Gasteiger partial charge in [-0.3, -0.25) is 4.79 Å². The Hall–Kier alpha value is -1.65. The molecule has 1 aromatic heterocycles. The first kappa shape index (κ1) is 15.7. The molecule has 1 fully saturated rings. The topological polar surface area (TPSA) is 45.2 Å². The van der Waals surface area contributed by atoms with Crippen LogP contribution in [0.25, 0.3) is 0 Å². The highest BCUT2D eigenvalue weighted by Gasteiger charge is 2.34. The minimum Gasteiger partial charge on any atom is -0.368 e. The van der Waals surface area contributed by atoms with Crippen LogP contribution in [0.1, 0.15) is 50.4 Å². The molecular weight excluding hydrogens is 269 g/mol. The van der Waals surface area contributed by atoms with Crippen molar-refractivity contribution in [3.8, 4) is 0 Å². The predicted molar refractivity (Wildman–Crippen MR) is 81.9 cm³/mol. The molecule has 0 aliphatic heterocycles. The fourth-order valence-corrected chi connectivity index (χ4v) is 2.31. The smallest absolute Gasteiger partial charge is 0.257 e. The molecule has 0 bridgehead atoms. The minimum atomic E-state index is -0.537. The van der Waals surface area contributed by atoms with Gasteiger partial charge in [0, 0.05) is 25.3 Å². The fourth-order valence-electron chi connectivity index (χ4n) is 2.31. The average Bonchev–Trinajstić information content (AvgIpc) is 3.27. The zero-order valence-electron chi connectivity index (χ0n) is 13.0. The molecule has 1 aromatic rings. The first-order valence-electron chi connectivity index (χ1n) is 7.74. The van der Waals surface area contributed by atoms with Gasteiger partial charge >= 0.3 is 0 Å². The van der Waals surface area contributed by atoms with Crippen molar-refractivity contribution in [1.82, 2.24) is 9.88 Å². The molecule has 0 atom stereocenters. The molecule has 5 heteroatoms. The van der Waals surface area contributed by atoms with Crippen LogP contribution in [0.15, 0.2) is 12.3 Å². The monoisotopic (exact) mass is 293 g/mol. The normalized spacial score (nSPS) is 14.3. The molecule has 1 heterocycles. The molecule has 0 radical (unpaired) electrons. The predicted octanol–water partition coefficient (Wildman–Crippen LogP) is 3.30. The van der Waals surface area contributed by atoms with Crippen LogP contribution in [0.5, 0.6) is 0 Å². The SMILES string of the molecule is CCCNc1nccc(C(=O)N(CC(C)C)C2CC2)c1F. The van der Waals surface area contributed by atoms with E-state index in [0.29, 0.717) is 19.0 Å². The summed E-state index contributed by atoms with van der Waals surface area (Å²) in [7, 11) is 0. The fraction of sp³-hybridized carbons (Fsp3) is 0.625. The van der Waals surface area contributed by atoms with Gasteiger partial charge in [-0.25, -0.2) is 9.37 Å². The maximum Gasteiger partial charge on any atom is 0.257 e. The van der Waals surface area contributed by atoms with Gasteiger partial charge < -0.3 is 10.2 Å². The van der Waals surface area contributed by atoms with Crippen molar-refractivity contribution in [2.75, 3.05) is 18.4 Å². The quantitative estimate of drug-likeness (QED) is 0.839. The van der Waals surface area contributed by atoms with E-state index in [9.17, 15) is 9.18 Å². The van der Waals surface area contributed by atoms with Gasteiger partial charge in [-0.2, -0.15) is 0 Å². The number of rotatable bonds is 7. The van der Waals surface area contributed by atoms with E-state index in [1.54, 1.807) is 0 Å². The number of carbonyl (C=O) groups is 1. The van der Waals surface area contributed by atoms with Gasteiger partial charge in [0.05, 0.1) is 5.56 Å². The molecule has 0 saturated heterocycles. The molecule has 1 aliphatic carbocycles. The Balaban J connectivity index is 2.20. The molecule has 2 rings (SSSR count). The van der Waals surface area contributed by atoms with Crippen LogP contribution < -0.4 is 5.32 Å². The Morgan fingerprint density at radius 3 is 2.81 bits per heavy atom. The Bertz CT molecular complexity index is 500. The van der Waals surface area contributed by atoms with Crippen molar-refractivity contribution in [3.05, 3.63) is 23.6 Å². The maximum absolute atomic E-state index is 14.5. The number of nitrogens with one attached hydrogen (secondary N) is 1. The highest BCUT2D eigenvalue weighted by atomic mass is 19.1. The van der Waals surface area contributed by atoms with Gasteiger partial charge in [0.15, 0.2) is 11.6 Å². The molecule has 0 spiro atoms. The zero-order valence-corrected chi connectivity index (χ0v) is 13.0. The standard InChI is InChI=1S/C16H24FN3O/c1-4-8-18-15-14(17)13(7-9-19-15)16(21)20(10-11(2)3)12-5-6-12/h7,9,11-12H,4-6,8,10H2,1-3H3,(H,18,19). The van der Waals surface area contributed by atoms with E-state index in [-0.39, 0.29) is 23.3 Å². The number of hydrogen-bond acceptors (Lipinski definition) is 3. The molecule has 1 amide bonds. The van der Waals surface area contributed by atoms with Gasteiger partial charge in [0.25, 0.3) is 5.91 Å². The molecule has 1 N–H and O–H groups in total. The van der Waals surface area contributed by atoms with E-state index >= 15 is 0 Å². The molecule has 1 saturated carbocycles. The second kappa shape index (κ2) is 6.87. The van der Waals surface area contributed by atoms with E-state index in [4.69, 9.17) is 0 Å². The summed E-state index contributed by atoms with van der Waals surface area (Å²) in [6, 6.07) is 1.75. The van der Waals surface area contributed by atoms with Crippen LogP contribution in [0.3, 0.4) is 0 Å². The lowest BCUT2D eigenvalue weighted by Gasteiger charge is -2.25. The van der Waals surface area contributed by atoms with Crippen molar-refractivity contribution in [1.29, 1.82) is 0 Å². The van der Waals surface area contributed by atoms with Crippen molar-refractivity contribution < 1.29 is 9.18 Å². The van der Waals surface area contributed by atoms with E-state index in [0.717, 1.165) is 19.3 Å². The third kappa shape index (κ3) is 3.93. The lowest BCUT2D eigenvalue weighted by Crippen LogP contribution is -2.36. The second-order valence-electron chi connectivity index (χ2n) is 6.03. The van der Waals surface area contributed by atoms with E-state index in [2.05, 4.69) is 24.1 Å². The van der Waals surface area contributed by atoms with Gasteiger partial charge in [-0.1, -0.05) is 20.8 Å². The summed E-state index contributed by atoms with van der Waals surface area (Å²) in [5.74, 6) is -0.212. The Kier molecular flexibility index (Phi) is 5.15. The highest BCUT2D eigenvalue weighted by Crippen LogP contribution is 2.30. The van der Waals surface area contributed by atoms with Crippen molar-refractivity contribution in [2.24, 2.45) is 5.92 Å². The zero-order chi connectivity index (χ0) is 15.4. The molecule has 1 aliphatic rings. The summed E-state index contributed by atoms with van der Waals surface area (Å²) >= 11 is 0. The van der Waals surface area contributed by atoms with Crippen molar-refractivity contribution >= 4 is 11.7 Å². The van der Waals surface area contributed by atoms with Crippen LogP contribution in [0.4, 0.5) is 10.2 Å². The van der Waals surface area contributed by atoms with E-state index in [1.807, 2.05) is 11.8 Å². The van der Waals surface area contributed by atoms with Crippen LogP contribution >= 0.6 is 0 Å². The summed E-state index contributed by atoms with van der Waals surface area (Å²) in [6.45, 7) is 7.44. The maximum atomic E-state index is 14.5. The van der Waals surface area contributed by atoms with Crippen LogP contribution in [-0.4, -0.2) is 34.9 Å². The first-order chi connectivity index (χ1) is 10.0. The van der Waals surface area contributed by atoms with Gasteiger partial charge in [0.2, 0.25) is 0 Å². The molecular formula is C16H24FN3O. The lowest BCUT2D eigenvalue weighted by atomic mass is 10.1. The van der Waals surface area contributed by atoms with Crippen LogP contribution in [-0.2, 0) is 0 Å². The third-order valence-electron chi connectivity index (χ3n) is 3.47. The number of anilines is 1. The van der Waals surface area contributed by atoms with Gasteiger partial charge in [-0.05, 0) is 31.2 Å². The lowest BCUT2D eigenvalue weighted by molar-refractivity contribution is 0.0717. The molecule has 0 unspecified atom stereocenters. The van der Waals surface area contributed by atoms with E-state index < -0.39 is 5.82 Å². The molecule has 0 aromatic carbocycles. The summed E-state index contributed by atoms with van der Waals surface area (Å²) in [4.78, 5) is 18.4. The summed E-state index contributed by atoms with van der Waals surface area (Å²) in [5, 5.41) is 2.93. The number of hydrogen-bond donors (Lipinski definition) is 1. The number of aromatic nitrogens is 1. The highest BCUT2D eigenvalue weighted by molar-refractivity contribution is 5.95. The average molecular weight is 293 g/mol. The number of nitrogens with zero attached hydrogens (tertiary/aromatic N) is 2. The number of pyridine rings is 1. The van der Waals surface area contributed by atoms with E-state index in [1.165, 1.54) is 12.3 Å². The van der Waals surface area contributed by atoms with Crippen molar-refractivity contribution in [3.63, 3.8) is 0 Å². The molecule has 21 heavy (non-hydrogen) atoms. The second-order valence-corrected chi connectivity index (χ2v) is 6.03. The number of carbonyl (C=O) groups excluding carboxylic acids is 1. The third-order valence-corrected chi connectivity index (χ3v) is 3.47. The number of amides is 1.